The first-order valence-electron chi connectivity index (χ1n) is 8.56. The normalized spacial score (nSPS) is 10.2. The molecule has 0 saturated carbocycles. The summed E-state index contributed by atoms with van der Waals surface area (Å²) < 4.78 is 14.2. The number of halogens is 2. The Kier molecular flexibility index (Phi) is 8.24. The smallest absolute Gasteiger partial charge is 0.255 e. The summed E-state index contributed by atoms with van der Waals surface area (Å²) in [4.78, 5) is 26.0. The zero-order valence-electron chi connectivity index (χ0n) is 15.6. The van der Waals surface area contributed by atoms with Gasteiger partial charge >= 0.3 is 0 Å². The van der Waals surface area contributed by atoms with E-state index in [0.717, 1.165) is 11.1 Å². The van der Waals surface area contributed by atoms with Gasteiger partial charge in [-0.2, -0.15) is 0 Å². The van der Waals surface area contributed by atoms with Crippen molar-refractivity contribution in [3.05, 3.63) is 100 Å². The van der Waals surface area contributed by atoms with Gasteiger partial charge in [0.15, 0.2) is 0 Å². The lowest BCUT2D eigenvalue weighted by Crippen LogP contribution is -2.12. The molecule has 2 amide bonds. The maximum atomic E-state index is 13.5. The van der Waals surface area contributed by atoms with Crippen molar-refractivity contribution in [2.75, 3.05) is 5.32 Å². The van der Waals surface area contributed by atoms with Gasteiger partial charge in [-0.15, -0.1) is 0 Å². The molecule has 148 valence electrons. The number of benzene rings is 2. The molecule has 3 rings (SSSR count). The van der Waals surface area contributed by atoms with Crippen LogP contribution < -0.4 is 11.1 Å². The summed E-state index contributed by atoms with van der Waals surface area (Å²) in [5, 5.41) is 2.54. The summed E-state index contributed by atoms with van der Waals surface area (Å²) >= 11 is 3.16. The number of hydrogen-bond donors (Lipinski definition) is 2. The minimum Gasteiger partial charge on any atom is -0.366 e. The molecular formula is C22H19BrFN3O2. The SMILES string of the molecule is Cc1ccc(C(=O)Nc2ccc(Br)cc2F)cc1.NC(=O)C=Cc1cccnc1. The number of nitrogens with two attached hydrogens (primary N) is 1. The molecule has 3 aromatic rings. The van der Waals surface area contributed by atoms with Gasteiger partial charge < -0.3 is 11.1 Å². The molecule has 0 bridgehead atoms. The quantitative estimate of drug-likeness (QED) is 0.557. The standard InChI is InChI=1S/C14H11BrFNO.C8H8N2O/c1-9-2-4-10(5-3-9)14(18)17-13-7-6-11(15)8-12(13)16;9-8(11)4-3-7-2-1-5-10-6-7/h2-8H,1H3,(H,17,18);1-6H,(H2,9,11). The number of carbonyl (C=O) groups is 2. The predicted molar refractivity (Wildman–Crippen MR) is 116 cm³/mol. The van der Waals surface area contributed by atoms with Gasteiger partial charge in [0.05, 0.1) is 5.69 Å². The van der Waals surface area contributed by atoms with Gasteiger partial charge in [-0.3, -0.25) is 14.6 Å². The summed E-state index contributed by atoms with van der Waals surface area (Å²) in [5.74, 6) is -1.24. The van der Waals surface area contributed by atoms with Crippen molar-refractivity contribution >= 4 is 39.5 Å². The summed E-state index contributed by atoms with van der Waals surface area (Å²) in [5.41, 5.74) is 7.50. The molecule has 0 aliphatic carbocycles. The zero-order chi connectivity index (χ0) is 21.2. The van der Waals surface area contributed by atoms with Gasteiger partial charge in [-0.1, -0.05) is 39.7 Å². The molecule has 1 aromatic heterocycles. The molecule has 1 heterocycles. The lowest BCUT2D eigenvalue weighted by atomic mass is 10.1. The van der Waals surface area contributed by atoms with Crippen molar-refractivity contribution in [1.29, 1.82) is 0 Å². The molecule has 29 heavy (non-hydrogen) atoms. The summed E-state index contributed by atoms with van der Waals surface area (Å²) in [7, 11) is 0. The van der Waals surface area contributed by atoms with E-state index in [-0.39, 0.29) is 11.6 Å². The average molecular weight is 456 g/mol. The monoisotopic (exact) mass is 455 g/mol. The molecule has 0 aliphatic heterocycles. The molecule has 7 heteroatoms. The molecule has 0 saturated heterocycles. The van der Waals surface area contributed by atoms with Crippen LogP contribution in [-0.4, -0.2) is 16.8 Å². The Morgan fingerprint density at radius 1 is 1.14 bits per heavy atom. The van der Waals surface area contributed by atoms with Crippen LogP contribution in [0.3, 0.4) is 0 Å². The fourth-order valence-electron chi connectivity index (χ4n) is 2.14. The molecule has 0 aliphatic rings. The molecule has 0 spiro atoms. The van der Waals surface area contributed by atoms with E-state index in [2.05, 4.69) is 26.2 Å². The number of pyridine rings is 1. The highest BCUT2D eigenvalue weighted by Crippen LogP contribution is 2.20. The van der Waals surface area contributed by atoms with E-state index >= 15 is 0 Å². The molecule has 0 unspecified atom stereocenters. The maximum absolute atomic E-state index is 13.5. The Morgan fingerprint density at radius 2 is 1.86 bits per heavy atom. The second-order valence-corrected chi connectivity index (χ2v) is 6.88. The summed E-state index contributed by atoms with van der Waals surface area (Å²) in [6, 6.07) is 15.2. The van der Waals surface area contributed by atoms with Gasteiger partial charge in [-0.05, 0) is 55.0 Å². The van der Waals surface area contributed by atoms with Crippen LogP contribution in [0, 0.1) is 12.7 Å². The van der Waals surface area contributed by atoms with Crippen LogP contribution in [0.1, 0.15) is 21.5 Å². The summed E-state index contributed by atoms with van der Waals surface area (Å²) in [6.45, 7) is 1.94. The van der Waals surface area contributed by atoms with Crippen LogP contribution in [0.2, 0.25) is 0 Å². The first-order chi connectivity index (χ1) is 13.8. The second kappa shape index (κ2) is 10.9. The highest BCUT2D eigenvalue weighted by molar-refractivity contribution is 9.10. The fraction of sp³-hybridized carbons (Fsp3) is 0.0455. The highest BCUT2D eigenvalue weighted by atomic mass is 79.9. The number of anilines is 1. The van der Waals surface area contributed by atoms with Crippen LogP contribution in [0.25, 0.3) is 6.08 Å². The number of amides is 2. The third kappa shape index (κ3) is 7.67. The van der Waals surface area contributed by atoms with Crippen LogP contribution in [-0.2, 0) is 4.79 Å². The Bertz CT molecular complexity index is 1010. The van der Waals surface area contributed by atoms with Crippen molar-refractivity contribution in [3.8, 4) is 0 Å². The number of carbonyl (C=O) groups excluding carboxylic acids is 2. The second-order valence-electron chi connectivity index (χ2n) is 5.97. The Labute approximate surface area is 176 Å². The van der Waals surface area contributed by atoms with Crippen LogP contribution in [0.4, 0.5) is 10.1 Å². The van der Waals surface area contributed by atoms with Gasteiger partial charge in [-0.25, -0.2) is 4.39 Å². The zero-order valence-corrected chi connectivity index (χ0v) is 17.2. The first kappa shape index (κ1) is 22.0. The minimum atomic E-state index is -0.468. The number of aryl methyl sites for hydroxylation is 1. The fourth-order valence-corrected chi connectivity index (χ4v) is 2.48. The third-order valence-electron chi connectivity index (χ3n) is 3.62. The average Bonchev–Trinajstić information content (AvgIpc) is 2.70. The Balaban J connectivity index is 0.000000234. The van der Waals surface area contributed by atoms with Crippen LogP contribution in [0.15, 0.2) is 77.5 Å². The van der Waals surface area contributed by atoms with Gasteiger partial charge in [0.25, 0.3) is 5.91 Å². The molecule has 0 radical (unpaired) electrons. The third-order valence-corrected chi connectivity index (χ3v) is 4.11. The van der Waals surface area contributed by atoms with E-state index < -0.39 is 11.7 Å². The predicted octanol–water partition coefficient (Wildman–Crippen LogP) is 4.73. The number of hydrogen-bond acceptors (Lipinski definition) is 3. The number of aromatic nitrogens is 1. The van der Waals surface area contributed by atoms with E-state index in [0.29, 0.717) is 10.0 Å². The lowest BCUT2D eigenvalue weighted by molar-refractivity contribution is -0.113. The molecule has 5 nitrogen and oxygen atoms in total. The Morgan fingerprint density at radius 3 is 2.45 bits per heavy atom. The van der Waals surface area contributed by atoms with Crippen molar-refractivity contribution in [3.63, 3.8) is 0 Å². The highest BCUT2D eigenvalue weighted by Gasteiger charge is 2.09. The van der Waals surface area contributed by atoms with E-state index in [4.69, 9.17) is 5.73 Å². The Hall–Kier alpha value is -3.32. The lowest BCUT2D eigenvalue weighted by Gasteiger charge is -2.07. The molecule has 0 fully saturated rings. The van der Waals surface area contributed by atoms with Gasteiger partial charge in [0.2, 0.25) is 5.91 Å². The van der Waals surface area contributed by atoms with Gasteiger partial charge in [0, 0.05) is 28.5 Å². The van der Waals surface area contributed by atoms with E-state index in [9.17, 15) is 14.0 Å². The van der Waals surface area contributed by atoms with Crippen LogP contribution >= 0.6 is 15.9 Å². The molecule has 3 N–H and O–H groups in total. The number of primary amides is 1. The largest absolute Gasteiger partial charge is 0.366 e. The van der Waals surface area contributed by atoms with Crippen LogP contribution in [0.5, 0.6) is 0 Å². The van der Waals surface area contributed by atoms with Gasteiger partial charge in [0.1, 0.15) is 5.82 Å². The number of rotatable bonds is 4. The van der Waals surface area contributed by atoms with Crippen molar-refractivity contribution in [1.82, 2.24) is 4.98 Å². The molecule has 0 atom stereocenters. The minimum absolute atomic E-state index is 0.170. The molecule has 2 aromatic carbocycles. The first-order valence-corrected chi connectivity index (χ1v) is 9.35. The number of nitrogens with zero attached hydrogens (tertiary/aromatic N) is 1. The van der Waals surface area contributed by atoms with Crippen molar-refractivity contribution in [2.45, 2.75) is 6.92 Å². The van der Waals surface area contributed by atoms with E-state index in [1.165, 1.54) is 18.2 Å². The summed E-state index contributed by atoms with van der Waals surface area (Å²) in [6.07, 6.45) is 6.24. The van der Waals surface area contributed by atoms with Crippen molar-refractivity contribution in [2.24, 2.45) is 5.73 Å². The maximum Gasteiger partial charge on any atom is 0.255 e. The molecular weight excluding hydrogens is 437 g/mol. The topological polar surface area (TPSA) is 85.1 Å². The van der Waals surface area contributed by atoms with E-state index in [1.54, 1.807) is 42.7 Å². The number of nitrogens with one attached hydrogen (secondary N) is 1. The van der Waals surface area contributed by atoms with Crippen molar-refractivity contribution < 1.29 is 14.0 Å². The van der Waals surface area contributed by atoms with E-state index in [1.807, 2.05) is 25.1 Å².